The standard InChI is InChI=1S/C29H24ClFN4O3/c1-37-26-23(30)14-13-22(24(26)31)27-32-28-25(29(33-27)38-2)35(16-20-11-7-4-8-12-20)21(18-36)17-34(28)15-19-9-5-3-6-10-19/h3-14H,15-17H2,1-2H3. The molecule has 4 aromatic rings. The lowest BCUT2D eigenvalue weighted by molar-refractivity contribution is 0.387. The molecule has 2 heterocycles. The molecular formula is C29H24ClFN4O3. The van der Waals surface area contributed by atoms with Gasteiger partial charge in [-0.3, -0.25) is 0 Å². The Morgan fingerprint density at radius 2 is 1.58 bits per heavy atom. The number of ether oxygens (including phenoxy) is 2. The summed E-state index contributed by atoms with van der Waals surface area (Å²) in [6, 6.07) is 22.6. The van der Waals surface area contributed by atoms with Crippen LogP contribution in [0, 0.1) is 5.82 Å². The molecule has 1 aliphatic heterocycles. The number of anilines is 2. The first-order valence-electron chi connectivity index (χ1n) is 11.9. The summed E-state index contributed by atoms with van der Waals surface area (Å²) < 4.78 is 26.3. The van der Waals surface area contributed by atoms with Gasteiger partial charge in [0.2, 0.25) is 5.88 Å². The summed E-state index contributed by atoms with van der Waals surface area (Å²) in [7, 11) is 2.82. The highest BCUT2D eigenvalue weighted by Crippen LogP contribution is 2.44. The lowest BCUT2D eigenvalue weighted by Crippen LogP contribution is -2.40. The van der Waals surface area contributed by atoms with Gasteiger partial charge < -0.3 is 19.3 Å². The first kappa shape index (κ1) is 25.3. The van der Waals surface area contributed by atoms with Crippen molar-refractivity contribution in [1.82, 2.24) is 9.97 Å². The number of carbonyl (C=O) groups excluding carboxylic acids is 1. The van der Waals surface area contributed by atoms with Crippen molar-refractivity contribution in [1.29, 1.82) is 0 Å². The lowest BCUT2D eigenvalue weighted by Gasteiger charge is -2.38. The van der Waals surface area contributed by atoms with Gasteiger partial charge in [0.1, 0.15) is 17.3 Å². The van der Waals surface area contributed by atoms with Gasteiger partial charge in [0.15, 0.2) is 23.2 Å². The quantitative estimate of drug-likeness (QED) is 0.284. The molecule has 1 aliphatic rings. The van der Waals surface area contributed by atoms with Gasteiger partial charge in [-0.1, -0.05) is 72.3 Å². The number of fused-ring (bicyclic) bond motifs is 1. The molecule has 7 nitrogen and oxygen atoms in total. The molecule has 0 atom stereocenters. The van der Waals surface area contributed by atoms with Crippen molar-refractivity contribution in [3.05, 3.63) is 100 Å². The van der Waals surface area contributed by atoms with Crippen LogP contribution in [-0.4, -0.2) is 36.7 Å². The summed E-state index contributed by atoms with van der Waals surface area (Å²) >= 11 is 6.12. The summed E-state index contributed by atoms with van der Waals surface area (Å²) in [4.78, 5) is 25.3. The largest absolute Gasteiger partial charge is 0.492 e. The Kier molecular flexibility index (Phi) is 7.26. The van der Waals surface area contributed by atoms with E-state index in [1.807, 2.05) is 65.6 Å². The fraction of sp³-hybridized carbons (Fsp3) is 0.172. The van der Waals surface area contributed by atoms with Crippen molar-refractivity contribution in [3.63, 3.8) is 0 Å². The topological polar surface area (TPSA) is 67.8 Å². The fourth-order valence-electron chi connectivity index (χ4n) is 4.47. The van der Waals surface area contributed by atoms with E-state index in [2.05, 4.69) is 10.9 Å². The molecule has 0 aliphatic carbocycles. The minimum Gasteiger partial charge on any atom is -0.492 e. The number of hydrogen-bond donors (Lipinski definition) is 0. The van der Waals surface area contributed by atoms with E-state index in [9.17, 15) is 4.79 Å². The maximum Gasteiger partial charge on any atom is 0.243 e. The van der Waals surface area contributed by atoms with Crippen molar-refractivity contribution < 1.29 is 18.7 Å². The minimum atomic E-state index is -0.679. The van der Waals surface area contributed by atoms with Crippen molar-refractivity contribution in [3.8, 4) is 23.0 Å². The zero-order valence-electron chi connectivity index (χ0n) is 20.8. The molecule has 0 unspecified atom stereocenters. The molecule has 0 bridgehead atoms. The number of nitrogens with zero attached hydrogens (tertiary/aromatic N) is 4. The smallest absolute Gasteiger partial charge is 0.243 e. The van der Waals surface area contributed by atoms with Crippen LogP contribution < -0.4 is 19.3 Å². The zero-order valence-corrected chi connectivity index (χ0v) is 21.6. The third kappa shape index (κ3) is 4.79. The number of halogens is 2. The van der Waals surface area contributed by atoms with E-state index in [1.165, 1.54) is 26.4 Å². The molecule has 0 amide bonds. The van der Waals surface area contributed by atoms with Crippen molar-refractivity contribution in [2.45, 2.75) is 13.1 Å². The lowest BCUT2D eigenvalue weighted by atomic mass is 10.1. The van der Waals surface area contributed by atoms with E-state index in [0.29, 0.717) is 30.3 Å². The van der Waals surface area contributed by atoms with Crippen LogP contribution in [0.1, 0.15) is 11.1 Å². The highest BCUT2D eigenvalue weighted by Gasteiger charge is 2.34. The predicted octanol–water partition coefficient (Wildman–Crippen LogP) is 5.70. The molecule has 0 spiro atoms. The van der Waals surface area contributed by atoms with Gasteiger partial charge in [-0.15, -0.1) is 0 Å². The van der Waals surface area contributed by atoms with Gasteiger partial charge in [-0.05, 0) is 23.3 Å². The third-order valence-electron chi connectivity index (χ3n) is 6.27. The molecule has 192 valence electrons. The Bertz CT molecular complexity index is 1510. The van der Waals surface area contributed by atoms with Gasteiger partial charge in [0, 0.05) is 13.1 Å². The summed E-state index contributed by atoms with van der Waals surface area (Å²) in [6.45, 7) is 1.06. The van der Waals surface area contributed by atoms with Gasteiger partial charge in [0.05, 0.1) is 31.4 Å². The predicted molar refractivity (Wildman–Crippen MR) is 145 cm³/mol. The average Bonchev–Trinajstić information content (AvgIpc) is 2.95. The van der Waals surface area contributed by atoms with Crippen LogP contribution in [-0.2, 0) is 17.9 Å². The highest BCUT2D eigenvalue weighted by atomic mass is 35.5. The zero-order chi connectivity index (χ0) is 26.6. The molecule has 5 rings (SSSR count). The van der Waals surface area contributed by atoms with Crippen LogP contribution in [0.3, 0.4) is 0 Å². The number of rotatable bonds is 7. The molecule has 9 heteroatoms. The van der Waals surface area contributed by atoms with E-state index in [0.717, 1.165) is 11.1 Å². The van der Waals surface area contributed by atoms with Crippen LogP contribution in [0.5, 0.6) is 11.6 Å². The number of aromatic nitrogens is 2. The van der Waals surface area contributed by atoms with E-state index < -0.39 is 5.82 Å². The highest BCUT2D eigenvalue weighted by molar-refractivity contribution is 6.32. The maximum atomic E-state index is 15.4. The average molecular weight is 531 g/mol. The van der Waals surface area contributed by atoms with E-state index in [-0.39, 0.29) is 34.6 Å². The molecule has 0 fully saturated rings. The SMILES string of the molecule is COc1nc(-c2ccc(Cl)c(OC)c2F)nc2c1N(Cc1ccccc1)C(=C=O)CN2Cc1ccccc1. The number of benzene rings is 3. The van der Waals surface area contributed by atoms with Crippen LogP contribution in [0.4, 0.5) is 15.9 Å². The Hall–Kier alpha value is -4.39. The third-order valence-corrected chi connectivity index (χ3v) is 6.57. The molecule has 0 saturated heterocycles. The molecule has 0 radical (unpaired) electrons. The number of hydrogen-bond acceptors (Lipinski definition) is 7. The normalized spacial score (nSPS) is 12.7. The van der Waals surface area contributed by atoms with Crippen molar-refractivity contribution in [2.24, 2.45) is 0 Å². The Labute approximate surface area is 224 Å². The summed E-state index contributed by atoms with van der Waals surface area (Å²) in [5, 5.41) is 0.138. The van der Waals surface area contributed by atoms with Gasteiger partial charge >= 0.3 is 0 Å². The molecule has 3 aromatic carbocycles. The van der Waals surface area contributed by atoms with Crippen LogP contribution >= 0.6 is 11.6 Å². The van der Waals surface area contributed by atoms with Crippen molar-refractivity contribution in [2.75, 3.05) is 30.6 Å². The minimum absolute atomic E-state index is 0.0949. The number of methoxy groups -OCH3 is 2. The first-order chi connectivity index (χ1) is 18.5. The van der Waals surface area contributed by atoms with E-state index >= 15 is 4.39 Å². The molecular weight excluding hydrogens is 507 g/mol. The molecule has 1 aromatic heterocycles. The summed E-state index contributed by atoms with van der Waals surface area (Å²) in [6.07, 6.45) is 0. The second-order valence-corrected chi connectivity index (χ2v) is 9.04. The second kappa shape index (κ2) is 10.9. The van der Waals surface area contributed by atoms with E-state index in [4.69, 9.17) is 26.1 Å². The van der Waals surface area contributed by atoms with Gasteiger partial charge in [-0.25, -0.2) is 14.2 Å². The summed E-state index contributed by atoms with van der Waals surface area (Å²) in [5.74, 6) is 2.13. The Morgan fingerprint density at radius 1 is 0.921 bits per heavy atom. The Morgan fingerprint density at radius 3 is 2.18 bits per heavy atom. The van der Waals surface area contributed by atoms with E-state index in [1.54, 1.807) is 4.90 Å². The monoisotopic (exact) mass is 530 g/mol. The molecule has 0 saturated carbocycles. The second-order valence-electron chi connectivity index (χ2n) is 8.63. The first-order valence-corrected chi connectivity index (χ1v) is 12.2. The summed E-state index contributed by atoms with van der Waals surface area (Å²) in [5.41, 5.74) is 3.01. The van der Waals surface area contributed by atoms with Gasteiger partial charge in [0.25, 0.3) is 0 Å². The Balaban J connectivity index is 1.71. The van der Waals surface area contributed by atoms with Crippen LogP contribution in [0.2, 0.25) is 5.02 Å². The molecule has 0 N–H and O–H groups in total. The molecule has 38 heavy (non-hydrogen) atoms. The maximum absolute atomic E-state index is 15.4. The fourth-order valence-corrected chi connectivity index (χ4v) is 4.70. The van der Waals surface area contributed by atoms with Crippen LogP contribution in [0.15, 0.2) is 78.5 Å². The van der Waals surface area contributed by atoms with Gasteiger partial charge in [-0.2, -0.15) is 4.98 Å². The van der Waals surface area contributed by atoms with Crippen molar-refractivity contribution >= 4 is 29.0 Å². The van der Waals surface area contributed by atoms with Crippen LogP contribution in [0.25, 0.3) is 11.4 Å².